The predicted octanol–water partition coefficient (Wildman–Crippen LogP) is 14.1. The van der Waals surface area contributed by atoms with Gasteiger partial charge in [-0.15, -0.1) is 23.9 Å². The molecule has 11 nitrogen and oxygen atoms in total. The van der Waals surface area contributed by atoms with E-state index in [1.165, 1.54) is 12.1 Å². The van der Waals surface area contributed by atoms with E-state index in [0.29, 0.717) is 73.3 Å². The molecule has 2 fully saturated rings. The van der Waals surface area contributed by atoms with Crippen molar-refractivity contribution in [1.29, 1.82) is 0 Å². The second-order valence-corrected chi connectivity index (χ2v) is 19.7. The quantitative estimate of drug-likeness (QED) is 0.0122. The fourth-order valence-corrected chi connectivity index (χ4v) is 8.59. The van der Waals surface area contributed by atoms with Crippen LogP contribution in [0.3, 0.4) is 0 Å². The molecule has 374 valence electrons. The lowest BCUT2D eigenvalue weighted by atomic mass is 10.1. The summed E-state index contributed by atoms with van der Waals surface area (Å²) in [6.07, 6.45) is 12.1. The van der Waals surface area contributed by atoms with Crippen molar-refractivity contribution in [2.75, 3.05) is 49.1 Å². The van der Waals surface area contributed by atoms with E-state index in [1.807, 2.05) is 0 Å². The highest BCUT2D eigenvalue weighted by molar-refractivity contribution is 14.1. The Kier molecular flexibility index (Phi) is 26.3. The van der Waals surface area contributed by atoms with Gasteiger partial charge in [-0.25, -0.2) is 28.5 Å². The first-order valence-corrected chi connectivity index (χ1v) is 25.7. The third-order valence-electron chi connectivity index (χ3n) is 9.53. The Morgan fingerprint density at radius 3 is 1.67 bits per heavy atom. The van der Waals surface area contributed by atoms with Crippen LogP contribution in [-0.2, 0) is 23.3 Å². The molecule has 69 heavy (non-hydrogen) atoms. The van der Waals surface area contributed by atoms with Crippen LogP contribution in [0.2, 0.25) is 10.0 Å². The van der Waals surface area contributed by atoms with Gasteiger partial charge in [-0.3, -0.25) is 23.8 Å². The molecule has 20 heteroatoms. The maximum atomic E-state index is 14.6. The third kappa shape index (κ3) is 20.3. The predicted molar refractivity (Wildman–Crippen MR) is 275 cm³/mol. The van der Waals surface area contributed by atoms with Crippen LogP contribution in [-0.4, -0.2) is 50.3 Å². The number of benzene rings is 4. The monoisotopic (exact) mass is 1150 g/mol. The minimum Gasteiger partial charge on any atom is -0.351 e. The molecule has 4 N–H and O–H groups in total. The Morgan fingerprint density at radius 1 is 0.754 bits per heavy atom. The normalized spacial score (nSPS) is 12.6. The van der Waals surface area contributed by atoms with Crippen molar-refractivity contribution in [3.63, 3.8) is 0 Å². The molecule has 0 atom stereocenters. The number of amides is 2. The first-order valence-electron chi connectivity index (χ1n) is 21.6. The van der Waals surface area contributed by atoms with Crippen LogP contribution >= 0.6 is 65.0 Å². The van der Waals surface area contributed by atoms with E-state index in [-0.39, 0.29) is 46.8 Å². The lowest BCUT2D eigenvalue weighted by Gasteiger charge is -2.15. The molecule has 4 aromatic carbocycles. The van der Waals surface area contributed by atoms with Gasteiger partial charge in [0.15, 0.2) is 23.3 Å². The topological polar surface area (TPSA) is 136 Å². The highest BCUT2D eigenvalue weighted by Gasteiger charge is 2.26. The van der Waals surface area contributed by atoms with Crippen LogP contribution in [0.25, 0.3) is 0 Å². The molecular formula is C49H55Cl3F4IN4O7P. The van der Waals surface area contributed by atoms with Crippen molar-refractivity contribution >= 4 is 99.6 Å². The number of anilines is 4. The zero-order valence-corrected chi connectivity index (χ0v) is 42.6. The van der Waals surface area contributed by atoms with E-state index in [0.717, 1.165) is 54.2 Å². The van der Waals surface area contributed by atoms with Gasteiger partial charge < -0.3 is 19.7 Å². The van der Waals surface area contributed by atoms with Crippen LogP contribution < -0.4 is 21.6 Å². The highest BCUT2D eigenvalue weighted by Crippen LogP contribution is 2.48. The van der Waals surface area contributed by atoms with E-state index < -0.39 is 42.7 Å². The summed E-state index contributed by atoms with van der Waals surface area (Å²) in [5, 5.41) is 5.94. The molecule has 0 aliphatic heterocycles. The van der Waals surface area contributed by atoms with E-state index in [1.54, 1.807) is 50.2 Å². The fraction of sp³-hybridized carbons (Fsp3) is 0.388. The SMILES string of the molecule is C.C#CCCCCl.CCOP(=O)(CCCC#Cc1ccc(Nc2c(C(=O)NOCC3CC3)ccc(F)c2F)c(Cl)c1)OCC.O=C(NOCC1CC1)c1ccc(F)c(F)c1Nc1ccc(I)cc1Cl. The number of rotatable bonds is 21. The molecule has 2 saturated carbocycles. The summed E-state index contributed by atoms with van der Waals surface area (Å²) >= 11 is 19.8. The van der Waals surface area contributed by atoms with Gasteiger partial charge in [0.1, 0.15) is 0 Å². The van der Waals surface area contributed by atoms with Crippen molar-refractivity contribution in [2.45, 2.75) is 72.6 Å². The lowest BCUT2D eigenvalue weighted by molar-refractivity contribution is 0.0268. The van der Waals surface area contributed by atoms with Crippen LogP contribution in [0.15, 0.2) is 60.7 Å². The molecule has 0 bridgehead atoms. The minimum atomic E-state index is -3.10. The zero-order chi connectivity index (χ0) is 49.6. The summed E-state index contributed by atoms with van der Waals surface area (Å²) in [6.45, 7) is 4.91. The van der Waals surface area contributed by atoms with Crippen LogP contribution in [0, 0.1) is 62.9 Å². The third-order valence-corrected chi connectivity index (χ3v) is 13.3. The molecule has 0 heterocycles. The molecule has 2 aliphatic carbocycles. The van der Waals surface area contributed by atoms with Crippen molar-refractivity contribution < 1.29 is 50.4 Å². The lowest BCUT2D eigenvalue weighted by Crippen LogP contribution is -2.26. The van der Waals surface area contributed by atoms with E-state index in [4.69, 9.17) is 59.9 Å². The standard InChI is InChI=1S/C26H30ClF2N2O5P.C17H14ClF2IN2O2.C5H7Cl.CH4/c1-3-35-37(33,36-4-2)15-7-5-6-8-18-11-14-23(21(27)16-18)30-25-20(12-13-22(28)24(25)29)26(32)31-34-17-19-9-10-19;18-12-7-10(21)3-6-14(12)22-16-11(4-5-13(19)15(16)20)17(24)23-25-8-9-1-2-9;1-2-3-4-5-6;/h11-14,16,19,30H,3-5,7,9-10,15,17H2,1-2H3,(H,31,32);3-7,9,22H,1-2,8H2,(H,23,24);1H,3-5H2;1H4. The summed E-state index contributed by atoms with van der Waals surface area (Å²) < 4.78 is 80.4. The first kappa shape index (κ1) is 59.2. The molecule has 0 aromatic heterocycles. The van der Waals surface area contributed by atoms with Gasteiger partial charge in [-0.2, -0.15) is 0 Å². The molecule has 0 spiro atoms. The molecule has 0 saturated heterocycles. The molecule has 2 aliphatic rings. The Bertz CT molecular complexity index is 2490. The molecule has 0 unspecified atom stereocenters. The second-order valence-electron chi connectivity index (χ2n) is 15.1. The Balaban J connectivity index is 0.000000339. The van der Waals surface area contributed by atoms with Crippen molar-refractivity contribution in [3.05, 3.63) is 114 Å². The number of unbranched alkanes of at least 4 members (excludes halogenated alkanes) is 2. The van der Waals surface area contributed by atoms with Gasteiger partial charge in [-0.1, -0.05) is 42.5 Å². The van der Waals surface area contributed by atoms with Crippen LogP contribution in [0.4, 0.5) is 40.3 Å². The van der Waals surface area contributed by atoms with Gasteiger partial charge in [-0.05, 0) is 147 Å². The van der Waals surface area contributed by atoms with Crippen molar-refractivity contribution in [1.82, 2.24) is 11.0 Å². The summed E-state index contributed by atoms with van der Waals surface area (Å²) in [7, 11) is -3.10. The highest BCUT2D eigenvalue weighted by atomic mass is 127. The maximum Gasteiger partial charge on any atom is 0.330 e. The van der Waals surface area contributed by atoms with Crippen LogP contribution in [0.1, 0.15) is 98.9 Å². The van der Waals surface area contributed by atoms with Gasteiger partial charge in [0, 0.05) is 27.9 Å². The molecule has 4 aromatic rings. The largest absolute Gasteiger partial charge is 0.351 e. The number of hydrogen-bond acceptors (Lipinski definition) is 9. The summed E-state index contributed by atoms with van der Waals surface area (Å²) in [5.41, 5.74) is 4.89. The number of carbonyl (C=O) groups is 2. The number of halogens is 8. The van der Waals surface area contributed by atoms with E-state index in [9.17, 15) is 31.7 Å². The first-order chi connectivity index (χ1) is 32.6. The summed E-state index contributed by atoms with van der Waals surface area (Å²) in [5.74, 6) is 4.05. The second kappa shape index (κ2) is 30.6. The number of hydrogen-bond donors (Lipinski definition) is 4. The summed E-state index contributed by atoms with van der Waals surface area (Å²) in [6, 6.07) is 14.0. The fourth-order valence-electron chi connectivity index (χ4n) is 5.66. The Labute approximate surface area is 430 Å². The minimum absolute atomic E-state index is 0. The zero-order valence-electron chi connectivity index (χ0n) is 37.2. The number of nitrogens with one attached hydrogen (secondary N) is 4. The molecule has 0 radical (unpaired) electrons. The smallest absolute Gasteiger partial charge is 0.330 e. The average molecular weight is 1150 g/mol. The Morgan fingerprint density at radius 2 is 1.25 bits per heavy atom. The molecule has 6 rings (SSSR count). The van der Waals surface area contributed by atoms with Gasteiger partial charge in [0.05, 0.1) is 76.5 Å². The molecular weight excluding hydrogens is 1100 g/mol. The Hall–Kier alpha value is -4.07. The summed E-state index contributed by atoms with van der Waals surface area (Å²) in [4.78, 5) is 35.1. The number of terminal acetylenes is 1. The maximum absolute atomic E-state index is 14.6. The van der Waals surface area contributed by atoms with Crippen molar-refractivity contribution in [2.24, 2.45) is 11.8 Å². The number of hydroxylamine groups is 2. The number of alkyl halides is 1. The average Bonchev–Trinajstić information content (AvgIpc) is 4.26. The van der Waals surface area contributed by atoms with Crippen LogP contribution in [0.5, 0.6) is 0 Å². The van der Waals surface area contributed by atoms with Crippen molar-refractivity contribution in [3.8, 4) is 24.2 Å². The van der Waals surface area contributed by atoms with Gasteiger partial charge in [0.2, 0.25) is 0 Å². The van der Waals surface area contributed by atoms with Gasteiger partial charge >= 0.3 is 7.60 Å². The van der Waals surface area contributed by atoms with E-state index >= 15 is 0 Å². The van der Waals surface area contributed by atoms with Gasteiger partial charge in [0.25, 0.3) is 11.8 Å². The number of carbonyl (C=O) groups excluding carboxylic acids is 2. The van der Waals surface area contributed by atoms with E-state index in [2.05, 4.69) is 61.9 Å². The molecule has 2 amide bonds.